The van der Waals surface area contributed by atoms with Gasteiger partial charge in [0, 0.05) is 20.3 Å². The summed E-state index contributed by atoms with van der Waals surface area (Å²) >= 11 is 5.64. The zero-order chi connectivity index (χ0) is 12.8. The second kappa shape index (κ2) is 6.00. The number of nitro groups is 1. The molecule has 0 radical (unpaired) electrons. The number of nitrogens with one attached hydrogen (secondary N) is 1. The van der Waals surface area contributed by atoms with Crippen molar-refractivity contribution in [3.8, 4) is 0 Å². The van der Waals surface area contributed by atoms with Crippen molar-refractivity contribution in [2.24, 2.45) is 4.99 Å². The van der Waals surface area contributed by atoms with Gasteiger partial charge < -0.3 is 4.90 Å². The van der Waals surface area contributed by atoms with Gasteiger partial charge in [-0.1, -0.05) is 23.1 Å². The summed E-state index contributed by atoms with van der Waals surface area (Å²) in [5.74, 6) is 0.171. The quantitative estimate of drug-likeness (QED) is 0.286. The molecule has 0 spiro atoms. The smallest absolute Gasteiger partial charge is 0.256 e. The summed E-state index contributed by atoms with van der Waals surface area (Å²) < 4.78 is 0. The molecule has 17 heavy (non-hydrogen) atoms. The van der Waals surface area contributed by atoms with Gasteiger partial charge in [-0.3, -0.25) is 0 Å². The molecule has 7 nitrogen and oxygen atoms in total. The van der Waals surface area contributed by atoms with E-state index in [2.05, 4.69) is 9.98 Å². The molecule has 0 unspecified atom stereocenters. The lowest BCUT2D eigenvalue weighted by Gasteiger charge is -2.11. The van der Waals surface area contributed by atoms with Crippen molar-refractivity contribution in [3.05, 3.63) is 39.2 Å². The predicted octanol–water partition coefficient (Wildman–Crippen LogP) is 0.934. The summed E-state index contributed by atoms with van der Waals surface area (Å²) in [5.41, 5.74) is 2.83. The Morgan fingerprint density at radius 1 is 1.65 bits per heavy atom. The first-order chi connectivity index (χ1) is 7.99. The van der Waals surface area contributed by atoms with E-state index in [1.165, 1.54) is 4.90 Å². The molecule has 1 aromatic rings. The Balaban J connectivity index is 2.72. The topological polar surface area (TPSA) is 83.7 Å². The van der Waals surface area contributed by atoms with Crippen LogP contribution < -0.4 is 5.43 Å². The number of rotatable bonds is 3. The second-order valence-electron chi connectivity index (χ2n) is 3.39. The van der Waals surface area contributed by atoms with Gasteiger partial charge in [0.1, 0.15) is 5.15 Å². The van der Waals surface area contributed by atoms with E-state index in [0.29, 0.717) is 11.7 Å². The predicted molar refractivity (Wildman–Crippen MR) is 64.2 cm³/mol. The van der Waals surface area contributed by atoms with Crippen LogP contribution in [0.3, 0.4) is 0 Å². The van der Waals surface area contributed by atoms with Gasteiger partial charge >= 0.3 is 0 Å². The molecule has 0 fully saturated rings. The molecule has 0 saturated carbocycles. The van der Waals surface area contributed by atoms with Crippen LogP contribution in [0, 0.1) is 10.1 Å². The van der Waals surface area contributed by atoms with Gasteiger partial charge in [-0.05, 0) is 11.6 Å². The standard InChI is InChI=1S/C9H12ClN5O2/c1-14(2)9(13-15(16)17)12-6-7-3-4-8(10)11-5-7/h3-5H,6H2,1-2H3,(H,12,13). The minimum absolute atomic E-state index is 0.171. The van der Waals surface area contributed by atoms with Crippen LogP contribution in [0.15, 0.2) is 23.3 Å². The van der Waals surface area contributed by atoms with E-state index in [1.54, 1.807) is 32.4 Å². The molecule has 0 aliphatic heterocycles. The monoisotopic (exact) mass is 257 g/mol. The number of halogens is 1. The Labute approximate surface area is 103 Å². The largest absolute Gasteiger partial charge is 0.345 e. The fourth-order valence-electron chi connectivity index (χ4n) is 1.02. The average Bonchev–Trinajstić information content (AvgIpc) is 2.25. The van der Waals surface area contributed by atoms with Gasteiger partial charge in [0.15, 0.2) is 5.03 Å². The number of aromatic nitrogens is 1. The highest BCUT2D eigenvalue weighted by Gasteiger charge is 2.07. The number of hydrogen-bond donors (Lipinski definition) is 1. The number of hydrazine groups is 1. The van der Waals surface area contributed by atoms with E-state index >= 15 is 0 Å². The molecule has 0 aliphatic carbocycles. The molecule has 1 heterocycles. The van der Waals surface area contributed by atoms with Crippen molar-refractivity contribution in [2.45, 2.75) is 6.54 Å². The zero-order valence-electron chi connectivity index (χ0n) is 9.42. The molecule has 0 aromatic carbocycles. The molecule has 1 N–H and O–H groups in total. The molecule has 0 bridgehead atoms. The van der Waals surface area contributed by atoms with Crippen LogP contribution in [0.2, 0.25) is 5.15 Å². The van der Waals surface area contributed by atoms with Crippen molar-refractivity contribution in [1.82, 2.24) is 15.3 Å². The van der Waals surface area contributed by atoms with Crippen LogP contribution >= 0.6 is 11.6 Å². The summed E-state index contributed by atoms with van der Waals surface area (Å²) in [5, 5.41) is 10.1. The van der Waals surface area contributed by atoms with Crippen molar-refractivity contribution in [1.29, 1.82) is 0 Å². The van der Waals surface area contributed by atoms with E-state index in [0.717, 1.165) is 5.56 Å². The molecule has 1 aromatic heterocycles. The number of pyridine rings is 1. The highest BCUT2D eigenvalue weighted by molar-refractivity contribution is 6.29. The normalized spacial score (nSPS) is 11.1. The van der Waals surface area contributed by atoms with E-state index in [-0.39, 0.29) is 5.96 Å². The van der Waals surface area contributed by atoms with E-state index < -0.39 is 5.03 Å². The summed E-state index contributed by atoms with van der Waals surface area (Å²) in [4.78, 5) is 19.8. The van der Waals surface area contributed by atoms with Crippen LogP contribution in [-0.4, -0.2) is 35.0 Å². The van der Waals surface area contributed by atoms with Gasteiger partial charge in [-0.15, -0.1) is 0 Å². The molecule has 92 valence electrons. The lowest BCUT2D eigenvalue weighted by Crippen LogP contribution is -2.39. The highest BCUT2D eigenvalue weighted by Crippen LogP contribution is 2.06. The van der Waals surface area contributed by atoms with Crippen molar-refractivity contribution >= 4 is 17.6 Å². The Morgan fingerprint density at radius 3 is 2.82 bits per heavy atom. The van der Waals surface area contributed by atoms with Gasteiger partial charge in [0.05, 0.1) is 6.54 Å². The maximum atomic E-state index is 10.3. The Kier molecular flexibility index (Phi) is 4.65. The fourth-order valence-corrected chi connectivity index (χ4v) is 1.14. The van der Waals surface area contributed by atoms with Gasteiger partial charge in [0.25, 0.3) is 5.96 Å². The lowest BCUT2D eigenvalue weighted by atomic mass is 10.3. The molecule has 0 amide bonds. The number of nitrogens with zero attached hydrogens (tertiary/aromatic N) is 4. The number of aliphatic imine (C=N–C) groups is 1. The van der Waals surface area contributed by atoms with Gasteiger partial charge in [0.2, 0.25) is 0 Å². The van der Waals surface area contributed by atoms with Crippen LogP contribution in [0.25, 0.3) is 0 Å². The van der Waals surface area contributed by atoms with Crippen molar-refractivity contribution < 1.29 is 5.03 Å². The number of hydrogen-bond acceptors (Lipinski definition) is 4. The SMILES string of the molecule is CN(C)C(=NCc1ccc(Cl)nc1)N[N+](=O)[O-]. The second-order valence-corrected chi connectivity index (χ2v) is 3.78. The summed E-state index contributed by atoms with van der Waals surface area (Å²) in [6.45, 7) is 0.290. The lowest BCUT2D eigenvalue weighted by molar-refractivity contribution is -0.526. The number of guanidine groups is 1. The van der Waals surface area contributed by atoms with Crippen molar-refractivity contribution in [3.63, 3.8) is 0 Å². The highest BCUT2D eigenvalue weighted by atomic mass is 35.5. The third-order valence-electron chi connectivity index (χ3n) is 1.81. The van der Waals surface area contributed by atoms with E-state index in [4.69, 9.17) is 11.6 Å². The van der Waals surface area contributed by atoms with Crippen LogP contribution in [0.1, 0.15) is 5.56 Å². The molecule has 1 rings (SSSR count). The van der Waals surface area contributed by atoms with Gasteiger partial charge in [-0.25, -0.2) is 20.1 Å². The van der Waals surface area contributed by atoms with Gasteiger partial charge in [-0.2, -0.15) is 0 Å². The Hall–Kier alpha value is -1.89. The van der Waals surface area contributed by atoms with E-state index in [9.17, 15) is 10.1 Å². The van der Waals surface area contributed by atoms with Crippen LogP contribution in [-0.2, 0) is 6.54 Å². The molecule has 0 aliphatic rings. The first kappa shape index (κ1) is 13.2. The van der Waals surface area contributed by atoms with Crippen LogP contribution in [0.4, 0.5) is 0 Å². The molecular formula is C9H12ClN5O2. The Bertz CT molecular complexity index is 418. The molecule has 0 atom stereocenters. The first-order valence-corrected chi connectivity index (χ1v) is 5.10. The van der Waals surface area contributed by atoms with Crippen LogP contribution in [0.5, 0.6) is 0 Å². The maximum Gasteiger partial charge on any atom is 0.256 e. The summed E-state index contributed by atoms with van der Waals surface area (Å²) in [7, 11) is 3.32. The fraction of sp³-hybridized carbons (Fsp3) is 0.333. The summed E-state index contributed by atoms with van der Waals surface area (Å²) in [6.07, 6.45) is 1.57. The molecular weight excluding hydrogens is 246 g/mol. The minimum atomic E-state index is -0.654. The zero-order valence-corrected chi connectivity index (χ0v) is 10.2. The molecule has 8 heteroatoms. The third kappa shape index (κ3) is 4.64. The average molecular weight is 258 g/mol. The first-order valence-electron chi connectivity index (χ1n) is 4.72. The Morgan fingerprint density at radius 2 is 2.35 bits per heavy atom. The van der Waals surface area contributed by atoms with E-state index in [1.807, 2.05) is 5.43 Å². The minimum Gasteiger partial charge on any atom is -0.345 e. The summed E-state index contributed by atoms with van der Waals surface area (Å²) in [6, 6.07) is 3.40. The van der Waals surface area contributed by atoms with Crippen molar-refractivity contribution in [2.75, 3.05) is 14.1 Å². The third-order valence-corrected chi connectivity index (χ3v) is 2.04. The maximum absolute atomic E-state index is 10.3. The molecule has 0 saturated heterocycles.